The van der Waals surface area contributed by atoms with E-state index < -0.39 is 0 Å². The van der Waals surface area contributed by atoms with E-state index in [1.54, 1.807) is 0 Å². The number of amides is 1. The lowest BCUT2D eigenvalue weighted by Crippen LogP contribution is -2.29. The van der Waals surface area contributed by atoms with Crippen LogP contribution in [0.5, 0.6) is 0 Å². The minimum absolute atomic E-state index is 0.202. The summed E-state index contributed by atoms with van der Waals surface area (Å²) in [6, 6.07) is 0.248. The number of carbonyl (C=O) groups is 1. The van der Waals surface area contributed by atoms with Crippen molar-refractivity contribution >= 4 is 11.6 Å². The highest BCUT2D eigenvalue weighted by atomic mass is 16.6. The van der Waals surface area contributed by atoms with Gasteiger partial charge in [-0.25, -0.2) is 0 Å². The fraction of sp³-hybridized carbons (Fsp3) is 0.750. The summed E-state index contributed by atoms with van der Waals surface area (Å²) in [7, 11) is 1.52. The number of rotatable bonds is 1. The molecule has 4 heteroatoms. The summed E-state index contributed by atoms with van der Waals surface area (Å²) < 4.78 is 0. The minimum atomic E-state index is 0.202. The average Bonchev–Trinajstić information content (AvgIpc) is 2.58. The monoisotopic (exact) mass is 168 g/mol. The smallest absolute Gasteiger partial charge is 0.229 e. The molecule has 0 N–H and O–H groups in total. The largest absolute Gasteiger partial charge is 0.399 e. The van der Waals surface area contributed by atoms with E-state index in [1.165, 1.54) is 7.11 Å². The summed E-state index contributed by atoms with van der Waals surface area (Å²) in [5.41, 5.74) is 0.903. The van der Waals surface area contributed by atoms with E-state index in [0.29, 0.717) is 6.42 Å². The van der Waals surface area contributed by atoms with Crippen LogP contribution < -0.4 is 0 Å². The molecule has 0 radical (unpaired) electrons. The standard InChI is InChI=1S/C8H12N2O2/c1-12-9-6-5-8(11)10-4-2-3-7(6)10/h7H,2-5H2,1H3/b9-6-. The van der Waals surface area contributed by atoms with Crippen molar-refractivity contribution in [3.63, 3.8) is 0 Å². The zero-order valence-electron chi connectivity index (χ0n) is 7.12. The summed E-state index contributed by atoms with van der Waals surface area (Å²) in [6.07, 6.45) is 2.60. The number of oxime groups is 1. The van der Waals surface area contributed by atoms with Crippen LogP contribution in [0.2, 0.25) is 0 Å². The fourth-order valence-corrected chi connectivity index (χ4v) is 2.00. The topological polar surface area (TPSA) is 41.9 Å². The molecule has 0 aromatic heterocycles. The SMILES string of the molecule is CO/N=C1/CC(=O)N2CCCC12. The lowest BCUT2D eigenvalue weighted by molar-refractivity contribution is -0.127. The molecular weight excluding hydrogens is 156 g/mol. The van der Waals surface area contributed by atoms with Crippen molar-refractivity contribution in [2.45, 2.75) is 25.3 Å². The van der Waals surface area contributed by atoms with Crippen LogP contribution in [0, 0.1) is 0 Å². The van der Waals surface area contributed by atoms with Crippen molar-refractivity contribution in [1.29, 1.82) is 0 Å². The van der Waals surface area contributed by atoms with Crippen LogP contribution in [0.15, 0.2) is 5.16 Å². The Hall–Kier alpha value is -1.06. The van der Waals surface area contributed by atoms with E-state index in [1.807, 2.05) is 4.90 Å². The molecule has 1 atom stereocenters. The third kappa shape index (κ3) is 0.983. The lowest BCUT2D eigenvalue weighted by atomic mass is 10.1. The third-order valence-corrected chi connectivity index (χ3v) is 2.50. The molecule has 1 unspecified atom stereocenters. The molecule has 66 valence electrons. The number of carbonyl (C=O) groups excluding carboxylic acids is 1. The van der Waals surface area contributed by atoms with Crippen LogP contribution in [0.3, 0.4) is 0 Å². The number of nitrogens with zero attached hydrogens (tertiary/aromatic N) is 2. The molecule has 0 aromatic carbocycles. The van der Waals surface area contributed by atoms with Gasteiger partial charge in [0.1, 0.15) is 7.11 Å². The Morgan fingerprint density at radius 1 is 1.67 bits per heavy atom. The van der Waals surface area contributed by atoms with Gasteiger partial charge < -0.3 is 9.74 Å². The van der Waals surface area contributed by atoms with Crippen molar-refractivity contribution in [3.8, 4) is 0 Å². The van der Waals surface area contributed by atoms with E-state index >= 15 is 0 Å². The normalized spacial score (nSPS) is 31.4. The Morgan fingerprint density at radius 3 is 3.25 bits per heavy atom. The summed E-state index contributed by atoms with van der Waals surface area (Å²) in [6.45, 7) is 0.895. The lowest BCUT2D eigenvalue weighted by Gasteiger charge is -2.13. The zero-order chi connectivity index (χ0) is 8.55. The maximum Gasteiger partial charge on any atom is 0.229 e. The maximum absolute atomic E-state index is 11.3. The van der Waals surface area contributed by atoms with Gasteiger partial charge in [-0.05, 0) is 12.8 Å². The first kappa shape index (κ1) is 7.58. The summed E-state index contributed by atoms with van der Waals surface area (Å²) in [4.78, 5) is 17.9. The quantitative estimate of drug-likeness (QED) is 0.531. The van der Waals surface area contributed by atoms with Crippen molar-refractivity contribution < 1.29 is 9.63 Å². The second-order valence-electron chi connectivity index (χ2n) is 3.19. The minimum Gasteiger partial charge on any atom is -0.399 e. The van der Waals surface area contributed by atoms with Gasteiger partial charge in [-0.15, -0.1) is 0 Å². The van der Waals surface area contributed by atoms with Crippen LogP contribution in [0.25, 0.3) is 0 Å². The average molecular weight is 168 g/mol. The van der Waals surface area contributed by atoms with Gasteiger partial charge >= 0.3 is 0 Å². The van der Waals surface area contributed by atoms with Crippen molar-refractivity contribution in [1.82, 2.24) is 4.90 Å². The van der Waals surface area contributed by atoms with Gasteiger partial charge in [0.25, 0.3) is 0 Å². The van der Waals surface area contributed by atoms with Gasteiger partial charge in [-0.2, -0.15) is 0 Å². The summed E-state index contributed by atoms with van der Waals surface area (Å²) in [5.74, 6) is 0.202. The van der Waals surface area contributed by atoms with Crippen molar-refractivity contribution in [3.05, 3.63) is 0 Å². The van der Waals surface area contributed by atoms with Gasteiger partial charge in [0, 0.05) is 6.54 Å². The second-order valence-corrected chi connectivity index (χ2v) is 3.19. The molecule has 1 amide bonds. The molecule has 0 aromatic rings. The van der Waals surface area contributed by atoms with Crippen molar-refractivity contribution in [2.24, 2.45) is 5.16 Å². The molecule has 12 heavy (non-hydrogen) atoms. The Morgan fingerprint density at radius 2 is 2.50 bits per heavy atom. The first-order valence-corrected chi connectivity index (χ1v) is 4.22. The second kappa shape index (κ2) is 2.77. The predicted molar refractivity (Wildman–Crippen MR) is 43.8 cm³/mol. The molecule has 2 aliphatic rings. The highest BCUT2D eigenvalue weighted by Crippen LogP contribution is 2.26. The molecule has 2 rings (SSSR count). The first-order chi connectivity index (χ1) is 5.83. The summed E-state index contributed by atoms with van der Waals surface area (Å²) in [5, 5.41) is 3.87. The highest BCUT2D eigenvalue weighted by Gasteiger charge is 2.40. The van der Waals surface area contributed by atoms with E-state index in [9.17, 15) is 4.79 Å². The van der Waals surface area contributed by atoms with Crippen LogP contribution in [-0.2, 0) is 9.63 Å². The highest BCUT2D eigenvalue weighted by molar-refractivity contribution is 6.10. The van der Waals surface area contributed by atoms with Crippen LogP contribution in [0.1, 0.15) is 19.3 Å². The molecule has 0 bridgehead atoms. The van der Waals surface area contributed by atoms with Crippen LogP contribution in [-0.4, -0.2) is 36.2 Å². The predicted octanol–water partition coefficient (Wildman–Crippen LogP) is 0.384. The van der Waals surface area contributed by atoms with Gasteiger partial charge in [-0.3, -0.25) is 4.79 Å². The number of hydrogen-bond acceptors (Lipinski definition) is 3. The molecule has 2 saturated heterocycles. The first-order valence-electron chi connectivity index (χ1n) is 4.22. The number of hydrogen-bond donors (Lipinski definition) is 0. The van der Waals surface area contributed by atoms with Gasteiger partial charge in [0.15, 0.2) is 0 Å². The Bertz CT molecular complexity index is 237. The zero-order valence-corrected chi connectivity index (χ0v) is 7.12. The maximum atomic E-state index is 11.3. The molecule has 2 heterocycles. The molecule has 2 aliphatic heterocycles. The fourth-order valence-electron chi connectivity index (χ4n) is 2.00. The summed E-state index contributed by atoms with van der Waals surface area (Å²) >= 11 is 0. The molecule has 0 saturated carbocycles. The number of fused-ring (bicyclic) bond motifs is 1. The van der Waals surface area contributed by atoms with E-state index in [2.05, 4.69) is 5.16 Å². The Balaban J connectivity index is 2.20. The van der Waals surface area contributed by atoms with E-state index in [-0.39, 0.29) is 11.9 Å². The van der Waals surface area contributed by atoms with Crippen LogP contribution in [0.4, 0.5) is 0 Å². The van der Waals surface area contributed by atoms with E-state index in [4.69, 9.17) is 4.84 Å². The Labute approximate surface area is 71.2 Å². The third-order valence-electron chi connectivity index (χ3n) is 2.50. The molecule has 2 fully saturated rings. The molecule has 4 nitrogen and oxygen atoms in total. The van der Waals surface area contributed by atoms with Gasteiger partial charge in [0.2, 0.25) is 5.91 Å². The van der Waals surface area contributed by atoms with Gasteiger partial charge in [0.05, 0.1) is 18.2 Å². The molecular formula is C8H12N2O2. The van der Waals surface area contributed by atoms with Crippen molar-refractivity contribution in [2.75, 3.05) is 13.7 Å². The van der Waals surface area contributed by atoms with Crippen LogP contribution >= 0.6 is 0 Å². The molecule has 0 spiro atoms. The van der Waals surface area contributed by atoms with E-state index in [0.717, 1.165) is 25.1 Å². The van der Waals surface area contributed by atoms with Gasteiger partial charge in [-0.1, -0.05) is 5.16 Å². The molecule has 0 aliphatic carbocycles. The Kier molecular flexibility index (Phi) is 1.75.